The summed E-state index contributed by atoms with van der Waals surface area (Å²) in [4.78, 5) is 26.0. The van der Waals surface area contributed by atoms with Crippen molar-refractivity contribution in [2.24, 2.45) is 0 Å². The highest BCUT2D eigenvalue weighted by molar-refractivity contribution is 5.96. The fraction of sp³-hybridized carbons (Fsp3) is 0.706. The number of aliphatic carboxylic acids is 1. The van der Waals surface area contributed by atoms with Gasteiger partial charge in [0, 0.05) is 18.2 Å². The number of rotatable bonds is 3. The number of amides is 1. The topological polar surface area (TPSA) is 75.4 Å². The second-order valence-electron chi connectivity index (χ2n) is 7.95. The van der Waals surface area contributed by atoms with Crippen molar-refractivity contribution < 1.29 is 14.7 Å². The van der Waals surface area contributed by atoms with E-state index in [1.165, 1.54) is 4.90 Å². The van der Waals surface area contributed by atoms with Gasteiger partial charge in [-0.2, -0.15) is 5.10 Å². The van der Waals surface area contributed by atoms with E-state index in [-0.39, 0.29) is 11.4 Å². The van der Waals surface area contributed by atoms with Gasteiger partial charge in [0.15, 0.2) is 5.69 Å². The van der Waals surface area contributed by atoms with Gasteiger partial charge in [-0.1, -0.05) is 0 Å². The Hall–Kier alpha value is -1.85. The molecule has 1 aliphatic heterocycles. The summed E-state index contributed by atoms with van der Waals surface area (Å²) in [6.07, 6.45) is 3.46. The molecule has 3 rings (SSSR count). The van der Waals surface area contributed by atoms with Crippen LogP contribution in [0.5, 0.6) is 0 Å². The Morgan fingerprint density at radius 1 is 1.35 bits per heavy atom. The van der Waals surface area contributed by atoms with E-state index in [4.69, 9.17) is 0 Å². The number of aromatic nitrogens is 2. The van der Waals surface area contributed by atoms with E-state index >= 15 is 0 Å². The van der Waals surface area contributed by atoms with Crippen molar-refractivity contribution in [3.05, 3.63) is 17.5 Å². The molecule has 0 spiro atoms. The first-order valence-electron chi connectivity index (χ1n) is 8.30. The van der Waals surface area contributed by atoms with Gasteiger partial charge in [-0.05, 0) is 59.4 Å². The Labute approximate surface area is 136 Å². The molecule has 1 aromatic rings. The summed E-state index contributed by atoms with van der Waals surface area (Å²) in [7, 11) is 0. The minimum absolute atomic E-state index is 0.197. The molecule has 6 nitrogen and oxygen atoms in total. The largest absolute Gasteiger partial charge is 0.480 e. The van der Waals surface area contributed by atoms with E-state index in [9.17, 15) is 14.7 Å². The summed E-state index contributed by atoms with van der Waals surface area (Å²) in [5.41, 5.74) is 0.146. The molecule has 1 N–H and O–H groups in total. The first kappa shape index (κ1) is 16.0. The van der Waals surface area contributed by atoms with Crippen LogP contribution in [0.3, 0.4) is 0 Å². The molecular formula is C17H25N3O3. The quantitative estimate of drug-likeness (QED) is 0.929. The van der Waals surface area contributed by atoms with Crippen LogP contribution in [-0.4, -0.2) is 43.7 Å². The van der Waals surface area contributed by atoms with Crippen LogP contribution < -0.4 is 0 Å². The van der Waals surface area contributed by atoms with Crippen molar-refractivity contribution in [2.75, 3.05) is 6.54 Å². The van der Waals surface area contributed by atoms with Gasteiger partial charge >= 0.3 is 5.97 Å². The highest BCUT2D eigenvalue weighted by Crippen LogP contribution is 2.42. The Kier molecular flexibility index (Phi) is 3.54. The van der Waals surface area contributed by atoms with Crippen molar-refractivity contribution in [1.82, 2.24) is 14.7 Å². The molecule has 23 heavy (non-hydrogen) atoms. The minimum atomic E-state index is -1.12. The summed E-state index contributed by atoms with van der Waals surface area (Å²) in [5, 5.41) is 14.1. The third-order valence-electron chi connectivity index (χ3n) is 4.93. The third-order valence-corrected chi connectivity index (χ3v) is 4.93. The Bertz CT molecular complexity index is 655. The van der Waals surface area contributed by atoms with Crippen LogP contribution in [0, 0.1) is 0 Å². The minimum Gasteiger partial charge on any atom is -0.480 e. The molecule has 2 fully saturated rings. The highest BCUT2D eigenvalue weighted by Gasteiger charge is 2.47. The summed E-state index contributed by atoms with van der Waals surface area (Å²) < 4.78 is 1.94. The predicted molar refractivity (Wildman–Crippen MR) is 85.5 cm³/mol. The number of nitrogens with zero attached hydrogens (tertiary/aromatic N) is 3. The van der Waals surface area contributed by atoms with Gasteiger partial charge in [0.2, 0.25) is 0 Å². The summed E-state index contributed by atoms with van der Waals surface area (Å²) in [5.74, 6) is -0.731. The maximum atomic E-state index is 12.9. The number of hydrogen-bond acceptors (Lipinski definition) is 3. The average molecular weight is 319 g/mol. The van der Waals surface area contributed by atoms with Crippen LogP contribution in [0.4, 0.5) is 0 Å². The van der Waals surface area contributed by atoms with Crippen molar-refractivity contribution >= 4 is 11.9 Å². The molecule has 1 amide bonds. The average Bonchev–Trinajstić information content (AvgIpc) is 3.06. The SMILES string of the molecule is CC1(C(=O)O)CCCN1C(=O)c1cc(C2CC2)n(C(C)(C)C)n1. The lowest BCUT2D eigenvalue weighted by molar-refractivity contribution is -0.147. The first-order valence-corrected chi connectivity index (χ1v) is 8.30. The fourth-order valence-corrected chi connectivity index (χ4v) is 3.36. The molecular weight excluding hydrogens is 294 g/mol. The van der Waals surface area contributed by atoms with E-state index in [0.29, 0.717) is 31.0 Å². The van der Waals surface area contributed by atoms with Gasteiger partial charge < -0.3 is 10.0 Å². The van der Waals surface area contributed by atoms with Crippen LogP contribution >= 0.6 is 0 Å². The number of likely N-dealkylation sites (tertiary alicyclic amines) is 1. The van der Waals surface area contributed by atoms with E-state index < -0.39 is 11.5 Å². The highest BCUT2D eigenvalue weighted by atomic mass is 16.4. The lowest BCUT2D eigenvalue weighted by atomic mass is 9.99. The van der Waals surface area contributed by atoms with Crippen LogP contribution in [0.15, 0.2) is 6.07 Å². The van der Waals surface area contributed by atoms with Gasteiger partial charge in [0.25, 0.3) is 5.91 Å². The summed E-state index contributed by atoms with van der Waals surface area (Å²) >= 11 is 0. The zero-order chi connectivity index (χ0) is 17.0. The summed E-state index contributed by atoms with van der Waals surface area (Å²) in [6, 6.07) is 1.87. The lowest BCUT2D eigenvalue weighted by Gasteiger charge is -2.30. The first-order chi connectivity index (χ1) is 10.6. The molecule has 1 aromatic heterocycles. The van der Waals surface area contributed by atoms with Crippen LogP contribution in [0.2, 0.25) is 0 Å². The maximum absolute atomic E-state index is 12.9. The van der Waals surface area contributed by atoms with Crippen molar-refractivity contribution in [3.63, 3.8) is 0 Å². The maximum Gasteiger partial charge on any atom is 0.329 e. The smallest absolute Gasteiger partial charge is 0.329 e. The molecule has 0 bridgehead atoms. The van der Waals surface area contributed by atoms with Gasteiger partial charge in [-0.25, -0.2) is 4.79 Å². The fourth-order valence-electron chi connectivity index (χ4n) is 3.36. The lowest BCUT2D eigenvalue weighted by Crippen LogP contribution is -2.50. The van der Waals surface area contributed by atoms with Crippen molar-refractivity contribution in [2.45, 2.75) is 70.4 Å². The Morgan fingerprint density at radius 2 is 2.00 bits per heavy atom. The summed E-state index contributed by atoms with van der Waals surface area (Å²) in [6.45, 7) is 8.30. The van der Waals surface area contributed by atoms with Gasteiger partial charge in [0.05, 0.1) is 5.54 Å². The van der Waals surface area contributed by atoms with Gasteiger partial charge in [0.1, 0.15) is 5.54 Å². The molecule has 1 saturated heterocycles. The molecule has 126 valence electrons. The third kappa shape index (κ3) is 2.64. The van der Waals surface area contributed by atoms with Gasteiger partial charge in [-0.15, -0.1) is 0 Å². The van der Waals surface area contributed by atoms with Gasteiger partial charge in [-0.3, -0.25) is 9.48 Å². The number of carbonyl (C=O) groups is 2. The normalized spacial score (nSPS) is 25.0. The molecule has 2 heterocycles. The number of carboxylic acid groups (broad SMARTS) is 1. The van der Waals surface area contributed by atoms with Crippen LogP contribution in [-0.2, 0) is 10.3 Å². The molecule has 0 radical (unpaired) electrons. The van der Waals surface area contributed by atoms with Crippen molar-refractivity contribution in [1.29, 1.82) is 0 Å². The van der Waals surface area contributed by atoms with E-state index in [1.54, 1.807) is 6.92 Å². The second kappa shape index (κ2) is 5.08. The molecule has 1 aliphatic carbocycles. The number of carbonyl (C=O) groups excluding carboxylic acids is 1. The van der Waals surface area contributed by atoms with Crippen LogP contribution in [0.25, 0.3) is 0 Å². The van der Waals surface area contributed by atoms with E-state index in [0.717, 1.165) is 18.5 Å². The van der Waals surface area contributed by atoms with E-state index in [1.807, 2.05) is 10.7 Å². The molecule has 2 aliphatic rings. The standard InChI is InChI=1S/C17H25N3O3/c1-16(2,3)20-13(11-6-7-11)10-12(18-20)14(21)19-9-5-8-17(19,4)15(22)23/h10-11H,5-9H2,1-4H3,(H,22,23). The van der Waals surface area contributed by atoms with Crippen LogP contribution in [0.1, 0.15) is 75.5 Å². The monoisotopic (exact) mass is 319 g/mol. The zero-order valence-electron chi connectivity index (χ0n) is 14.3. The molecule has 0 aromatic carbocycles. The number of carboxylic acids is 1. The van der Waals surface area contributed by atoms with Crippen molar-refractivity contribution in [3.8, 4) is 0 Å². The van der Waals surface area contributed by atoms with E-state index in [2.05, 4.69) is 25.9 Å². The zero-order valence-corrected chi connectivity index (χ0v) is 14.3. The Morgan fingerprint density at radius 3 is 2.52 bits per heavy atom. The second-order valence-corrected chi connectivity index (χ2v) is 7.95. The molecule has 1 saturated carbocycles. The predicted octanol–water partition coefficient (Wildman–Crippen LogP) is 2.59. The Balaban J connectivity index is 1.96. The molecule has 6 heteroatoms. The molecule has 1 unspecified atom stereocenters. The molecule has 1 atom stereocenters. The number of hydrogen-bond donors (Lipinski definition) is 1.